The Morgan fingerprint density at radius 3 is 1.82 bits per heavy atom. The summed E-state index contributed by atoms with van der Waals surface area (Å²) in [4.78, 5) is 2.44. The van der Waals surface area contributed by atoms with E-state index in [2.05, 4.69) is 181 Å². The van der Waals surface area contributed by atoms with Crippen LogP contribution in [0.5, 0.6) is 0 Å². The Balaban J connectivity index is 1.36. The zero-order valence-corrected chi connectivity index (χ0v) is 26.8. The molecule has 2 nitrogen and oxygen atoms in total. The van der Waals surface area contributed by atoms with Crippen LogP contribution in [0.4, 0.5) is 17.1 Å². The third-order valence-electron chi connectivity index (χ3n) is 10.3. The molecule has 0 spiro atoms. The Hall–Kier alpha value is -6.38. The third kappa shape index (κ3) is 4.01. The predicted octanol–water partition coefficient (Wildman–Crippen LogP) is 12.6. The van der Waals surface area contributed by atoms with Crippen molar-refractivity contribution in [2.24, 2.45) is 0 Å². The first-order valence-electron chi connectivity index (χ1n) is 16.9. The molecule has 0 atom stereocenters. The molecular formula is C47H31NO. The van der Waals surface area contributed by atoms with E-state index in [1.165, 1.54) is 44.2 Å². The second kappa shape index (κ2) is 10.8. The van der Waals surface area contributed by atoms with E-state index in [4.69, 9.17) is 4.42 Å². The Bertz CT molecular complexity index is 2620. The minimum atomic E-state index is -0.576. The van der Waals surface area contributed by atoms with Crippen LogP contribution < -0.4 is 4.90 Å². The molecule has 0 N–H and O–H groups in total. The van der Waals surface area contributed by atoms with E-state index in [0.29, 0.717) is 0 Å². The number of nitrogens with zero attached hydrogens (tertiary/aromatic N) is 1. The molecule has 230 valence electrons. The van der Waals surface area contributed by atoms with E-state index in [0.717, 1.165) is 39.0 Å². The SMILES string of the molecule is c1ccc(N(c2ccc3oc4ccccc4c3c2)c2cccc3c2C(c2ccccc2)(c2ccccc2)c2ccc4ccccc4c2-3)cc1. The van der Waals surface area contributed by atoms with E-state index >= 15 is 0 Å². The van der Waals surface area contributed by atoms with Crippen LogP contribution in [0.1, 0.15) is 22.3 Å². The highest BCUT2D eigenvalue weighted by Gasteiger charge is 2.49. The van der Waals surface area contributed by atoms with Crippen LogP contribution in [0.2, 0.25) is 0 Å². The number of hydrogen-bond donors (Lipinski definition) is 0. The molecule has 0 amide bonds. The fourth-order valence-corrected chi connectivity index (χ4v) is 8.34. The minimum Gasteiger partial charge on any atom is -0.456 e. The van der Waals surface area contributed by atoms with Crippen LogP contribution in [0.25, 0.3) is 43.8 Å². The first-order chi connectivity index (χ1) is 24.3. The molecule has 0 saturated carbocycles. The largest absolute Gasteiger partial charge is 0.456 e. The normalized spacial score (nSPS) is 13.1. The van der Waals surface area contributed by atoms with E-state index < -0.39 is 5.41 Å². The second-order valence-electron chi connectivity index (χ2n) is 12.8. The maximum absolute atomic E-state index is 6.29. The number of benzene rings is 8. The lowest BCUT2D eigenvalue weighted by atomic mass is 9.67. The van der Waals surface area contributed by atoms with Gasteiger partial charge in [-0.1, -0.05) is 146 Å². The van der Waals surface area contributed by atoms with Gasteiger partial charge in [0.05, 0.1) is 11.1 Å². The fourth-order valence-electron chi connectivity index (χ4n) is 8.34. The van der Waals surface area contributed by atoms with E-state index in [1.54, 1.807) is 0 Å². The molecule has 1 aromatic heterocycles. The zero-order valence-electron chi connectivity index (χ0n) is 26.8. The molecule has 1 aliphatic carbocycles. The Morgan fingerprint density at radius 1 is 0.429 bits per heavy atom. The smallest absolute Gasteiger partial charge is 0.135 e. The Morgan fingerprint density at radius 2 is 1.06 bits per heavy atom. The van der Waals surface area contributed by atoms with Crippen molar-refractivity contribution in [3.63, 3.8) is 0 Å². The highest BCUT2D eigenvalue weighted by Crippen LogP contribution is 2.61. The molecule has 1 heterocycles. The first kappa shape index (κ1) is 27.7. The summed E-state index contributed by atoms with van der Waals surface area (Å²) in [6.07, 6.45) is 0. The van der Waals surface area contributed by atoms with Gasteiger partial charge in [-0.3, -0.25) is 0 Å². The number of hydrogen-bond acceptors (Lipinski definition) is 2. The number of fused-ring (bicyclic) bond motifs is 8. The van der Waals surface area contributed by atoms with Crippen molar-refractivity contribution in [3.05, 3.63) is 210 Å². The molecule has 2 heteroatoms. The molecule has 49 heavy (non-hydrogen) atoms. The number of furan rings is 1. The number of para-hydroxylation sites is 2. The lowest BCUT2D eigenvalue weighted by Gasteiger charge is -2.38. The average Bonchev–Trinajstić information content (AvgIpc) is 3.70. The van der Waals surface area contributed by atoms with Crippen LogP contribution in [-0.4, -0.2) is 0 Å². The van der Waals surface area contributed by atoms with Gasteiger partial charge < -0.3 is 9.32 Å². The summed E-state index contributed by atoms with van der Waals surface area (Å²) in [7, 11) is 0. The van der Waals surface area contributed by atoms with Crippen molar-refractivity contribution in [2.75, 3.05) is 4.90 Å². The van der Waals surface area contributed by atoms with Gasteiger partial charge in [0.2, 0.25) is 0 Å². The Kier molecular flexibility index (Phi) is 6.13. The third-order valence-corrected chi connectivity index (χ3v) is 10.3. The van der Waals surface area contributed by atoms with Crippen molar-refractivity contribution >= 4 is 49.8 Å². The van der Waals surface area contributed by atoms with Gasteiger partial charge in [-0.15, -0.1) is 0 Å². The quantitative estimate of drug-likeness (QED) is 0.189. The van der Waals surface area contributed by atoms with E-state index in [-0.39, 0.29) is 0 Å². The van der Waals surface area contributed by atoms with Gasteiger partial charge >= 0.3 is 0 Å². The van der Waals surface area contributed by atoms with Crippen molar-refractivity contribution in [1.82, 2.24) is 0 Å². The van der Waals surface area contributed by atoms with Crippen molar-refractivity contribution in [2.45, 2.75) is 5.41 Å². The maximum Gasteiger partial charge on any atom is 0.135 e. The lowest BCUT2D eigenvalue weighted by Crippen LogP contribution is -2.30. The van der Waals surface area contributed by atoms with Gasteiger partial charge in [0.15, 0.2) is 0 Å². The molecule has 1 aliphatic rings. The molecule has 9 aromatic rings. The van der Waals surface area contributed by atoms with Crippen LogP contribution in [-0.2, 0) is 5.41 Å². The summed E-state index contributed by atoms with van der Waals surface area (Å²) < 4.78 is 6.29. The van der Waals surface area contributed by atoms with E-state index in [9.17, 15) is 0 Å². The summed E-state index contributed by atoms with van der Waals surface area (Å²) in [6.45, 7) is 0. The standard InChI is InChI=1S/C47H31NO/c1-4-16-33(17-5-1)47(34-18-6-2-7-19-34)41-29-27-32-15-10-11-22-37(32)45(41)39-24-14-25-42(46(39)47)48(35-20-8-3-9-21-35)36-28-30-44-40(31-36)38-23-12-13-26-43(38)49-44/h1-31H. The highest BCUT2D eigenvalue weighted by atomic mass is 16.3. The summed E-state index contributed by atoms with van der Waals surface area (Å²) in [6, 6.07) is 68.1. The van der Waals surface area contributed by atoms with Gasteiger partial charge in [-0.2, -0.15) is 0 Å². The van der Waals surface area contributed by atoms with Gasteiger partial charge in [0, 0.05) is 27.7 Å². The monoisotopic (exact) mass is 625 g/mol. The van der Waals surface area contributed by atoms with Crippen molar-refractivity contribution in [3.8, 4) is 11.1 Å². The Labute approximate surface area is 285 Å². The molecule has 0 aliphatic heterocycles. The summed E-state index contributed by atoms with van der Waals surface area (Å²) in [5.74, 6) is 0. The van der Waals surface area contributed by atoms with Gasteiger partial charge in [0.1, 0.15) is 11.2 Å². The van der Waals surface area contributed by atoms with Crippen LogP contribution >= 0.6 is 0 Å². The van der Waals surface area contributed by atoms with Crippen molar-refractivity contribution < 1.29 is 4.42 Å². The fraction of sp³-hybridized carbons (Fsp3) is 0.0213. The summed E-state index contributed by atoms with van der Waals surface area (Å²) in [5, 5.41) is 4.73. The first-order valence-corrected chi connectivity index (χ1v) is 16.9. The van der Waals surface area contributed by atoms with Gasteiger partial charge in [-0.05, 0) is 81.1 Å². The predicted molar refractivity (Wildman–Crippen MR) is 203 cm³/mol. The molecule has 8 aromatic carbocycles. The van der Waals surface area contributed by atoms with Crippen LogP contribution in [0, 0.1) is 0 Å². The summed E-state index contributed by atoms with van der Waals surface area (Å²) in [5.41, 5.74) is 12.1. The summed E-state index contributed by atoms with van der Waals surface area (Å²) >= 11 is 0. The second-order valence-corrected chi connectivity index (χ2v) is 12.8. The van der Waals surface area contributed by atoms with Crippen LogP contribution in [0.15, 0.2) is 192 Å². The number of rotatable bonds is 5. The van der Waals surface area contributed by atoms with Gasteiger partial charge in [-0.25, -0.2) is 0 Å². The van der Waals surface area contributed by atoms with Crippen molar-refractivity contribution in [1.29, 1.82) is 0 Å². The van der Waals surface area contributed by atoms with Crippen LogP contribution in [0.3, 0.4) is 0 Å². The molecule has 0 radical (unpaired) electrons. The van der Waals surface area contributed by atoms with Gasteiger partial charge in [0.25, 0.3) is 0 Å². The van der Waals surface area contributed by atoms with E-state index in [1.807, 2.05) is 12.1 Å². The molecular weight excluding hydrogens is 595 g/mol. The molecule has 0 bridgehead atoms. The number of anilines is 3. The zero-order chi connectivity index (χ0) is 32.4. The minimum absolute atomic E-state index is 0.576. The molecule has 0 unspecified atom stereocenters. The maximum atomic E-state index is 6.29. The molecule has 0 fully saturated rings. The molecule has 10 rings (SSSR count). The average molecular weight is 626 g/mol. The molecule has 0 saturated heterocycles. The topological polar surface area (TPSA) is 16.4 Å². The highest BCUT2D eigenvalue weighted by molar-refractivity contribution is 6.08. The lowest BCUT2D eigenvalue weighted by molar-refractivity contribution is 0.669.